The standard InChI is InChI=1S/C12H19NO.C11H17NO.C11H19NO.2C10H17NO.C9H15NO2.C9H15NO/c1-4-11(10(2)3)12(14)13-8-6-5-7-9-13;1-4-10(8(2)3)11(13)12-7-9-5-6-9;1-6-10(9(4)5)11(13)12(7-2)8-3;1-6-9(8(3)4)10(12)11(5)7-2;1-5-7-11-10(12)9(6-2)8(3)4;1-6-8(7(2)3)9(11)10(4)12-5;1-6-8(7(2)3)9(11)10(4)5/h10H,1,5-9H2,2-3H3;8-9H,1,5-7H2,2-3H3,(H,12,13);9H,1,7-8H2,2-5H3;8H,1,7H2,2-5H3;8H,2,5,7H2,1,3-4H3,(H,11,12);7H,1H2,2-5H3;7H,1H2,2-5H3. The van der Waals surface area contributed by atoms with E-state index in [-0.39, 0.29) is 82.8 Å². The second-order valence-electron chi connectivity index (χ2n) is 23.0. The Balaban J connectivity index is -0.000000301. The Morgan fingerprint density at radius 2 is 0.793 bits per heavy atom. The first-order chi connectivity index (χ1) is 40.6. The summed E-state index contributed by atoms with van der Waals surface area (Å²) in [6.07, 6.45) is 6.99. The molecule has 1 saturated carbocycles. The van der Waals surface area contributed by atoms with Crippen LogP contribution < -0.4 is 10.6 Å². The molecule has 0 spiro atoms. The lowest BCUT2D eigenvalue weighted by molar-refractivity contribution is -0.164. The van der Waals surface area contributed by atoms with E-state index in [2.05, 4.69) is 96.8 Å². The summed E-state index contributed by atoms with van der Waals surface area (Å²) in [6, 6.07) is 0. The first-order valence-corrected chi connectivity index (χ1v) is 30.8. The van der Waals surface area contributed by atoms with Gasteiger partial charge >= 0.3 is 0 Å². The molecule has 87 heavy (non-hydrogen) atoms. The van der Waals surface area contributed by atoms with Crippen LogP contribution in [0, 0.1) is 47.3 Å². The first-order valence-electron chi connectivity index (χ1n) is 30.8. The predicted octanol–water partition coefficient (Wildman–Crippen LogP) is 13.0. The van der Waals surface area contributed by atoms with Gasteiger partial charge in [0.05, 0.1) is 46.1 Å². The fourth-order valence-electron chi connectivity index (χ4n) is 7.51. The van der Waals surface area contributed by atoms with E-state index in [0.29, 0.717) is 33.4 Å². The van der Waals surface area contributed by atoms with Crippen molar-refractivity contribution in [2.75, 3.05) is 81.1 Å². The van der Waals surface area contributed by atoms with E-state index < -0.39 is 0 Å². The minimum atomic E-state index is -0.192. The van der Waals surface area contributed by atoms with Crippen LogP contribution in [0.2, 0.25) is 0 Å². The van der Waals surface area contributed by atoms with Gasteiger partial charge in [0.25, 0.3) is 41.4 Å². The number of hydrogen-bond donors (Lipinski definition) is 2. The Labute approximate surface area is 529 Å². The molecule has 15 heteroatoms. The molecular formula is C72H119N7O8. The van der Waals surface area contributed by atoms with Gasteiger partial charge in [0.15, 0.2) is 0 Å². The second kappa shape index (κ2) is 51.0. The molecule has 0 atom stereocenters. The molecule has 1 aliphatic heterocycles. The fourth-order valence-corrected chi connectivity index (χ4v) is 7.51. The average molecular weight is 1210 g/mol. The van der Waals surface area contributed by atoms with Crippen molar-refractivity contribution in [1.82, 2.24) is 35.3 Å². The molecular weight excluding hydrogens is 1090 g/mol. The molecule has 0 aromatic carbocycles. The smallest absolute Gasteiger partial charge is 0.281 e. The van der Waals surface area contributed by atoms with E-state index >= 15 is 0 Å². The minimum absolute atomic E-state index is 0.00287. The Morgan fingerprint density at radius 3 is 1.07 bits per heavy atom. The number of hydroxylamine groups is 2. The van der Waals surface area contributed by atoms with E-state index in [0.717, 1.165) is 81.6 Å². The molecule has 2 aliphatic rings. The lowest BCUT2D eigenvalue weighted by Crippen LogP contribution is -2.37. The molecule has 0 aromatic heterocycles. The fraction of sp³-hybridized carbons (Fsp3) is 0.611. The highest BCUT2D eigenvalue weighted by atomic mass is 16.7. The maximum absolute atomic E-state index is 12.0. The van der Waals surface area contributed by atoms with Gasteiger partial charge in [0, 0.05) is 74.0 Å². The van der Waals surface area contributed by atoms with Crippen molar-refractivity contribution >= 4 is 41.4 Å². The van der Waals surface area contributed by atoms with Crippen LogP contribution in [0.3, 0.4) is 0 Å². The monoisotopic (exact) mass is 1210 g/mol. The second-order valence-corrected chi connectivity index (χ2v) is 23.0. The largest absolute Gasteiger partial charge is 0.352 e. The number of likely N-dealkylation sites (N-methyl/N-ethyl adjacent to an activating group) is 4. The number of nitrogens with one attached hydrogen (secondary N) is 2. The van der Waals surface area contributed by atoms with Crippen molar-refractivity contribution in [3.05, 3.63) is 125 Å². The van der Waals surface area contributed by atoms with Crippen LogP contribution in [0.5, 0.6) is 0 Å². The number of amides is 7. The third-order valence-electron chi connectivity index (χ3n) is 13.3. The van der Waals surface area contributed by atoms with Crippen molar-refractivity contribution in [1.29, 1.82) is 0 Å². The Kier molecular flexibility index (Phi) is 52.0. The summed E-state index contributed by atoms with van der Waals surface area (Å²) < 4.78 is 0. The zero-order valence-electron chi connectivity index (χ0n) is 58.8. The Hall–Kier alpha value is -7.11. The molecule has 1 aliphatic carbocycles. The van der Waals surface area contributed by atoms with Crippen LogP contribution in [0.4, 0.5) is 0 Å². The SMILES string of the molecule is C=C=C(C(=O)N(C)C)C(C)C.C=C=C(C(=O)N(C)CC)C(C)C.C=C=C(C(=O)N(C)OC)C(C)C.C=C=C(C(=O)N(CC)CC)C(C)C.C=C=C(C(=O)N1CCCCC1)C(C)C.C=C=C(C(=O)NCC1CC1)C(C)C.C=C=C(C(=O)NCCC)C(C)C. The van der Waals surface area contributed by atoms with Gasteiger partial charge < -0.3 is 30.2 Å². The number of rotatable bonds is 22. The first kappa shape index (κ1) is 88.7. The van der Waals surface area contributed by atoms with Gasteiger partial charge in [-0.1, -0.05) is 150 Å². The molecule has 15 nitrogen and oxygen atoms in total. The molecule has 2 fully saturated rings. The Bertz CT molecular complexity index is 2470. The topological polar surface area (TPSA) is 169 Å². The summed E-state index contributed by atoms with van der Waals surface area (Å²) in [6.45, 7) is 65.6. The van der Waals surface area contributed by atoms with Crippen LogP contribution >= 0.6 is 0 Å². The summed E-state index contributed by atoms with van der Waals surface area (Å²) in [7, 11) is 8.23. The third-order valence-corrected chi connectivity index (χ3v) is 13.3. The maximum atomic E-state index is 12.0. The van der Waals surface area contributed by atoms with Crippen molar-refractivity contribution in [3.8, 4) is 0 Å². The summed E-state index contributed by atoms with van der Waals surface area (Å²) >= 11 is 0. The van der Waals surface area contributed by atoms with E-state index in [4.69, 9.17) is 4.84 Å². The number of hydrogen-bond acceptors (Lipinski definition) is 8. The normalized spacial score (nSPS) is 11.4. The van der Waals surface area contributed by atoms with Gasteiger partial charge in [-0.05, 0) is 107 Å². The van der Waals surface area contributed by atoms with Gasteiger partial charge in [-0.2, -0.15) is 0 Å². The molecule has 490 valence electrons. The highest BCUT2D eigenvalue weighted by Crippen LogP contribution is 2.27. The highest BCUT2D eigenvalue weighted by molar-refractivity contribution is 5.96. The van der Waals surface area contributed by atoms with Gasteiger partial charge in [0.2, 0.25) is 0 Å². The van der Waals surface area contributed by atoms with E-state index in [1.54, 1.807) is 38.0 Å². The van der Waals surface area contributed by atoms with E-state index in [1.807, 2.05) is 130 Å². The summed E-state index contributed by atoms with van der Waals surface area (Å²) in [5.74, 6) is 2.05. The molecule has 1 saturated heterocycles. The maximum Gasteiger partial charge on any atom is 0.281 e. The molecule has 7 amide bonds. The van der Waals surface area contributed by atoms with Gasteiger partial charge in [-0.15, -0.1) is 40.1 Å². The molecule has 2 N–H and O–H groups in total. The van der Waals surface area contributed by atoms with Crippen LogP contribution in [0.15, 0.2) is 125 Å². The quantitative estimate of drug-likeness (QED) is 0.0613. The van der Waals surface area contributed by atoms with Gasteiger partial charge in [-0.25, -0.2) is 5.06 Å². The van der Waals surface area contributed by atoms with Crippen LogP contribution in [-0.4, -0.2) is 147 Å². The Morgan fingerprint density at radius 1 is 0.460 bits per heavy atom. The number of nitrogens with zero attached hydrogens (tertiary/aromatic N) is 5. The van der Waals surface area contributed by atoms with Gasteiger partial charge in [-0.3, -0.25) is 38.4 Å². The van der Waals surface area contributed by atoms with Crippen molar-refractivity contribution in [2.45, 2.75) is 163 Å². The average Bonchev–Trinajstić information content (AvgIpc) is 4.37. The molecule has 1 heterocycles. The van der Waals surface area contributed by atoms with Crippen molar-refractivity contribution in [2.24, 2.45) is 47.3 Å². The van der Waals surface area contributed by atoms with Crippen molar-refractivity contribution < 1.29 is 38.4 Å². The highest BCUT2D eigenvalue weighted by Gasteiger charge is 2.24. The van der Waals surface area contributed by atoms with Crippen LogP contribution in [0.1, 0.15) is 163 Å². The zero-order valence-corrected chi connectivity index (χ0v) is 58.8. The molecule has 0 unspecified atom stereocenters. The summed E-state index contributed by atoms with van der Waals surface area (Å²) in [5, 5.41) is 6.84. The molecule has 0 radical (unpaired) electrons. The lowest BCUT2D eigenvalue weighted by Gasteiger charge is -2.27. The van der Waals surface area contributed by atoms with E-state index in [9.17, 15) is 33.6 Å². The van der Waals surface area contributed by atoms with Gasteiger partial charge in [0.1, 0.15) is 0 Å². The molecule has 2 rings (SSSR count). The molecule has 0 aromatic rings. The summed E-state index contributed by atoms with van der Waals surface area (Å²) in [5.41, 5.74) is 23.4. The number of piperidine rings is 1. The lowest BCUT2D eigenvalue weighted by atomic mass is 10.0. The number of likely N-dealkylation sites (tertiary alicyclic amines) is 1. The van der Waals surface area contributed by atoms with E-state index in [1.165, 1.54) is 31.3 Å². The summed E-state index contributed by atoms with van der Waals surface area (Å²) in [4.78, 5) is 92.4. The minimum Gasteiger partial charge on any atom is -0.352 e. The predicted molar refractivity (Wildman–Crippen MR) is 362 cm³/mol. The third kappa shape index (κ3) is 37.9. The van der Waals surface area contributed by atoms with Crippen LogP contribution in [-0.2, 0) is 38.4 Å². The number of carbonyl (C=O) groups excluding carboxylic acids is 7. The zero-order chi connectivity index (χ0) is 68.9. The molecule has 0 bridgehead atoms. The number of carbonyl (C=O) groups is 7. The van der Waals surface area contributed by atoms with Crippen LogP contribution in [0.25, 0.3) is 0 Å². The van der Waals surface area contributed by atoms with Crippen molar-refractivity contribution in [3.63, 3.8) is 0 Å².